The Labute approximate surface area is 74.7 Å². The summed E-state index contributed by atoms with van der Waals surface area (Å²) in [6, 6.07) is 0.715. The molecule has 0 amide bonds. The van der Waals surface area contributed by atoms with E-state index in [0.717, 1.165) is 6.42 Å². The van der Waals surface area contributed by atoms with Crippen LogP contribution in [0.2, 0.25) is 0 Å². The van der Waals surface area contributed by atoms with Gasteiger partial charge in [-0.2, -0.15) is 0 Å². The fourth-order valence-corrected chi connectivity index (χ4v) is 1.90. The quantitative estimate of drug-likeness (QED) is 0.696. The van der Waals surface area contributed by atoms with Crippen LogP contribution in [0, 0.1) is 0 Å². The molecule has 0 aromatic carbocycles. The second kappa shape index (κ2) is 4.61. The summed E-state index contributed by atoms with van der Waals surface area (Å²) in [4.78, 5) is 11.1. The average molecular weight is 169 g/mol. The van der Waals surface area contributed by atoms with Gasteiger partial charge in [0.1, 0.15) is 5.78 Å². The van der Waals surface area contributed by atoms with Crippen LogP contribution in [0.3, 0.4) is 0 Å². The van der Waals surface area contributed by atoms with Crippen LogP contribution in [0.4, 0.5) is 0 Å². The maximum absolute atomic E-state index is 11.1. The Bertz CT molecular complexity index is 150. The molecule has 1 saturated carbocycles. The van der Waals surface area contributed by atoms with Gasteiger partial charge in [0.2, 0.25) is 0 Å². The minimum atomic E-state index is 0.105. The molecule has 0 aromatic heterocycles. The van der Waals surface area contributed by atoms with Crippen molar-refractivity contribution in [2.24, 2.45) is 0 Å². The Morgan fingerprint density at radius 2 is 2.08 bits per heavy atom. The normalized spacial score (nSPS) is 21.2. The number of hydrogen-bond donors (Lipinski definition) is 1. The standard InChI is InChI=1S/C10H19NO/c1-3-10(8(2)12)11-9-6-4-5-7-9/h9-11H,3-7H2,1-2H3/t10-/m1/s1. The SMILES string of the molecule is CC[C@@H](NC1CCCC1)C(C)=O. The van der Waals surface area contributed by atoms with E-state index in [1.165, 1.54) is 25.7 Å². The van der Waals surface area contributed by atoms with Crippen LogP contribution in [0.15, 0.2) is 0 Å². The smallest absolute Gasteiger partial charge is 0.146 e. The van der Waals surface area contributed by atoms with Gasteiger partial charge < -0.3 is 5.32 Å². The lowest BCUT2D eigenvalue weighted by Crippen LogP contribution is -2.40. The molecule has 0 aliphatic heterocycles. The first-order valence-electron chi connectivity index (χ1n) is 5.00. The molecule has 0 aromatic rings. The molecule has 1 aliphatic carbocycles. The van der Waals surface area contributed by atoms with Crippen molar-refractivity contribution < 1.29 is 4.79 Å². The number of rotatable bonds is 4. The Hall–Kier alpha value is -0.370. The van der Waals surface area contributed by atoms with Crippen molar-refractivity contribution in [2.75, 3.05) is 0 Å². The van der Waals surface area contributed by atoms with E-state index >= 15 is 0 Å². The molecule has 1 aliphatic rings. The molecule has 1 fully saturated rings. The maximum atomic E-state index is 11.1. The van der Waals surface area contributed by atoms with Crippen molar-refractivity contribution in [1.82, 2.24) is 5.32 Å². The zero-order valence-corrected chi connectivity index (χ0v) is 8.10. The van der Waals surface area contributed by atoms with E-state index in [1.807, 2.05) is 0 Å². The van der Waals surface area contributed by atoms with Gasteiger partial charge in [0.05, 0.1) is 6.04 Å². The minimum Gasteiger partial charge on any atom is -0.305 e. The van der Waals surface area contributed by atoms with Crippen LogP contribution in [-0.2, 0) is 4.79 Å². The Balaban J connectivity index is 2.30. The summed E-state index contributed by atoms with van der Waals surface area (Å²) in [6.45, 7) is 3.74. The molecular formula is C10H19NO. The molecule has 70 valence electrons. The average Bonchev–Trinajstić information content (AvgIpc) is 2.51. The Morgan fingerprint density at radius 1 is 1.50 bits per heavy atom. The highest BCUT2D eigenvalue weighted by atomic mass is 16.1. The van der Waals surface area contributed by atoms with Crippen LogP contribution in [0.25, 0.3) is 0 Å². The van der Waals surface area contributed by atoms with Crippen molar-refractivity contribution in [2.45, 2.75) is 58.0 Å². The summed E-state index contributed by atoms with van der Waals surface area (Å²) in [5.74, 6) is 0.282. The largest absolute Gasteiger partial charge is 0.305 e. The summed E-state index contributed by atoms with van der Waals surface area (Å²) in [5.41, 5.74) is 0. The fourth-order valence-electron chi connectivity index (χ4n) is 1.90. The number of ketones is 1. The summed E-state index contributed by atoms with van der Waals surface area (Å²) >= 11 is 0. The van der Waals surface area contributed by atoms with Crippen molar-refractivity contribution in [1.29, 1.82) is 0 Å². The third-order valence-electron chi connectivity index (χ3n) is 2.69. The molecule has 0 saturated heterocycles. The number of hydrogen-bond acceptors (Lipinski definition) is 2. The first-order chi connectivity index (χ1) is 5.74. The zero-order chi connectivity index (χ0) is 8.97. The molecule has 0 spiro atoms. The predicted molar refractivity (Wildman–Crippen MR) is 50.2 cm³/mol. The lowest BCUT2D eigenvalue weighted by atomic mass is 10.1. The van der Waals surface area contributed by atoms with Gasteiger partial charge in [-0.15, -0.1) is 0 Å². The van der Waals surface area contributed by atoms with E-state index < -0.39 is 0 Å². The molecule has 1 rings (SSSR count). The van der Waals surface area contributed by atoms with Gasteiger partial charge in [-0.1, -0.05) is 19.8 Å². The topological polar surface area (TPSA) is 29.1 Å². The number of carbonyl (C=O) groups is 1. The Kier molecular flexibility index (Phi) is 3.73. The van der Waals surface area contributed by atoms with Crippen LogP contribution in [0.5, 0.6) is 0 Å². The van der Waals surface area contributed by atoms with Gasteiger partial charge in [0.15, 0.2) is 0 Å². The van der Waals surface area contributed by atoms with E-state index in [1.54, 1.807) is 6.92 Å². The molecule has 12 heavy (non-hydrogen) atoms. The predicted octanol–water partition coefficient (Wildman–Crippen LogP) is 1.89. The third kappa shape index (κ3) is 2.59. The molecule has 0 heterocycles. The molecule has 1 N–H and O–H groups in total. The fraction of sp³-hybridized carbons (Fsp3) is 0.900. The molecule has 0 bridgehead atoms. The lowest BCUT2D eigenvalue weighted by Gasteiger charge is -2.18. The molecule has 2 heteroatoms. The Morgan fingerprint density at radius 3 is 2.50 bits per heavy atom. The van der Waals surface area contributed by atoms with E-state index in [9.17, 15) is 4.79 Å². The number of nitrogens with one attached hydrogen (secondary N) is 1. The number of carbonyl (C=O) groups excluding carboxylic acids is 1. The highest BCUT2D eigenvalue weighted by Crippen LogP contribution is 2.18. The third-order valence-corrected chi connectivity index (χ3v) is 2.69. The van der Waals surface area contributed by atoms with Crippen molar-refractivity contribution in [3.8, 4) is 0 Å². The van der Waals surface area contributed by atoms with Gasteiger partial charge in [-0.05, 0) is 26.2 Å². The first kappa shape index (κ1) is 9.72. The van der Waals surface area contributed by atoms with Gasteiger partial charge >= 0.3 is 0 Å². The molecule has 1 atom stereocenters. The first-order valence-corrected chi connectivity index (χ1v) is 5.00. The van der Waals surface area contributed by atoms with Gasteiger partial charge in [-0.3, -0.25) is 4.79 Å². The van der Waals surface area contributed by atoms with E-state index in [2.05, 4.69) is 12.2 Å². The molecular weight excluding hydrogens is 150 g/mol. The second-order valence-corrected chi connectivity index (χ2v) is 3.72. The van der Waals surface area contributed by atoms with Gasteiger partial charge in [0, 0.05) is 6.04 Å². The molecule has 0 unspecified atom stereocenters. The van der Waals surface area contributed by atoms with Crippen LogP contribution >= 0.6 is 0 Å². The van der Waals surface area contributed by atoms with E-state index in [4.69, 9.17) is 0 Å². The van der Waals surface area contributed by atoms with Crippen LogP contribution < -0.4 is 5.32 Å². The highest BCUT2D eigenvalue weighted by Gasteiger charge is 2.19. The van der Waals surface area contributed by atoms with Gasteiger partial charge in [-0.25, -0.2) is 0 Å². The molecule has 0 radical (unpaired) electrons. The minimum absolute atomic E-state index is 0.105. The van der Waals surface area contributed by atoms with E-state index in [0.29, 0.717) is 6.04 Å². The van der Waals surface area contributed by atoms with Crippen molar-refractivity contribution in [3.63, 3.8) is 0 Å². The van der Waals surface area contributed by atoms with Crippen molar-refractivity contribution in [3.05, 3.63) is 0 Å². The lowest BCUT2D eigenvalue weighted by molar-refractivity contribution is -0.119. The van der Waals surface area contributed by atoms with E-state index in [-0.39, 0.29) is 11.8 Å². The highest BCUT2D eigenvalue weighted by molar-refractivity contribution is 5.81. The summed E-state index contributed by atoms with van der Waals surface area (Å²) < 4.78 is 0. The molecule has 2 nitrogen and oxygen atoms in total. The summed E-state index contributed by atoms with van der Waals surface area (Å²) in [7, 11) is 0. The monoisotopic (exact) mass is 169 g/mol. The summed E-state index contributed by atoms with van der Waals surface area (Å²) in [5, 5.41) is 3.42. The van der Waals surface area contributed by atoms with Crippen molar-refractivity contribution >= 4 is 5.78 Å². The summed E-state index contributed by atoms with van der Waals surface area (Å²) in [6.07, 6.45) is 6.08. The number of Topliss-reactive ketones (excluding diaryl/α,β-unsaturated/α-hetero) is 1. The van der Waals surface area contributed by atoms with Gasteiger partial charge in [0.25, 0.3) is 0 Å². The maximum Gasteiger partial charge on any atom is 0.146 e. The second-order valence-electron chi connectivity index (χ2n) is 3.72. The zero-order valence-electron chi connectivity index (χ0n) is 8.10. The van der Waals surface area contributed by atoms with Crippen LogP contribution in [0.1, 0.15) is 46.0 Å². The van der Waals surface area contributed by atoms with Crippen LogP contribution in [-0.4, -0.2) is 17.9 Å².